The third-order valence-electron chi connectivity index (χ3n) is 5.08. The number of hydrogen-bond donors (Lipinski definition) is 1. The predicted octanol–water partition coefficient (Wildman–Crippen LogP) is 2.91. The van der Waals surface area contributed by atoms with Crippen molar-refractivity contribution < 1.29 is 0 Å². The van der Waals surface area contributed by atoms with Gasteiger partial charge in [0, 0.05) is 42.6 Å². The van der Waals surface area contributed by atoms with Gasteiger partial charge < -0.3 is 10.2 Å². The highest BCUT2D eigenvalue weighted by molar-refractivity contribution is 5.35. The first-order valence-electron chi connectivity index (χ1n) is 8.37. The Morgan fingerprint density at radius 3 is 2.71 bits per heavy atom. The maximum atomic E-state index is 4.79. The number of nitrogens with one attached hydrogen (secondary N) is 1. The number of hydrogen-bond acceptors (Lipinski definition) is 4. The third-order valence-corrected chi connectivity index (χ3v) is 5.08. The Hall–Kier alpha value is -1.16. The number of piperidine rings is 1. The van der Waals surface area contributed by atoms with E-state index in [1.807, 2.05) is 6.20 Å². The molecule has 0 amide bonds. The van der Waals surface area contributed by atoms with Crippen molar-refractivity contribution in [1.29, 1.82) is 0 Å². The molecule has 4 nitrogen and oxygen atoms in total. The van der Waals surface area contributed by atoms with Crippen LogP contribution in [-0.4, -0.2) is 28.6 Å². The van der Waals surface area contributed by atoms with Crippen molar-refractivity contribution in [3.05, 3.63) is 17.5 Å². The highest BCUT2D eigenvalue weighted by Crippen LogP contribution is 2.29. The maximum Gasteiger partial charge on any atom is 0.225 e. The summed E-state index contributed by atoms with van der Waals surface area (Å²) in [4.78, 5) is 11.8. The van der Waals surface area contributed by atoms with Crippen LogP contribution in [0.25, 0.3) is 0 Å². The Bertz CT molecular complexity index is 498. The van der Waals surface area contributed by atoms with E-state index in [9.17, 15) is 0 Å². The standard InChI is InChI=1S/C17H28N4/c1-11-7-12(2)14(4)21(10-11)17-19-9-15(13(3)20-17)8-18-16-5-6-16/h9,11-12,14,16,18H,5-8,10H2,1-4H3. The molecule has 0 spiro atoms. The first kappa shape index (κ1) is 14.8. The molecule has 1 aromatic rings. The fourth-order valence-electron chi connectivity index (χ4n) is 3.31. The highest BCUT2D eigenvalue weighted by Gasteiger charge is 2.30. The second kappa shape index (κ2) is 5.91. The molecule has 1 aliphatic carbocycles. The van der Waals surface area contributed by atoms with Gasteiger partial charge in [-0.15, -0.1) is 0 Å². The SMILES string of the molecule is Cc1nc(N2CC(C)CC(C)C2C)ncc1CNC1CC1. The first-order chi connectivity index (χ1) is 10.0. The van der Waals surface area contributed by atoms with Crippen molar-refractivity contribution in [2.24, 2.45) is 11.8 Å². The molecule has 2 fully saturated rings. The maximum absolute atomic E-state index is 4.79. The molecule has 3 rings (SSSR count). The van der Waals surface area contributed by atoms with Crippen LogP contribution in [0.3, 0.4) is 0 Å². The summed E-state index contributed by atoms with van der Waals surface area (Å²) >= 11 is 0. The molecule has 3 unspecified atom stereocenters. The lowest BCUT2D eigenvalue weighted by molar-refractivity contribution is 0.293. The smallest absolute Gasteiger partial charge is 0.225 e. The fraction of sp³-hybridized carbons (Fsp3) is 0.765. The lowest BCUT2D eigenvalue weighted by Gasteiger charge is -2.41. The zero-order valence-electron chi connectivity index (χ0n) is 13.8. The Morgan fingerprint density at radius 2 is 2.05 bits per heavy atom. The minimum atomic E-state index is 0.524. The molecular formula is C17H28N4. The summed E-state index contributed by atoms with van der Waals surface area (Å²) in [7, 11) is 0. The van der Waals surface area contributed by atoms with E-state index in [0.717, 1.165) is 36.7 Å². The Kier molecular flexibility index (Phi) is 4.16. The van der Waals surface area contributed by atoms with Crippen molar-refractivity contribution in [3.8, 4) is 0 Å². The molecule has 1 saturated carbocycles. The van der Waals surface area contributed by atoms with E-state index in [2.05, 4.69) is 42.9 Å². The van der Waals surface area contributed by atoms with Crippen LogP contribution in [0.1, 0.15) is 51.3 Å². The fourth-order valence-corrected chi connectivity index (χ4v) is 3.31. The summed E-state index contributed by atoms with van der Waals surface area (Å²) in [5.41, 5.74) is 2.35. The number of nitrogens with zero attached hydrogens (tertiary/aromatic N) is 3. The Balaban J connectivity index is 1.73. The third kappa shape index (κ3) is 3.37. The lowest BCUT2D eigenvalue weighted by atomic mass is 9.86. The molecule has 4 heteroatoms. The average Bonchev–Trinajstić information content (AvgIpc) is 3.25. The second-order valence-electron chi connectivity index (χ2n) is 7.15. The summed E-state index contributed by atoms with van der Waals surface area (Å²) in [6.07, 6.45) is 5.96. The van der Waals surface area contributed by atoms with E-state index in [1.165, 1.54) is 24.8 Å². The first-order valence-corrected chi connectivity index (χ1v) is 8.37. The van der Waals surface area contributed by atoms with E-state index < -0.39 is 0 Å². The number of aryl methyl sites for hydroxylation is 1. The van der Waals surface area contributed by atoms with Gasteiger partial charge in [0.2, 0.25) is 5.95 Å². The van der Waals surface area contributed by atoms with Crippen LogP contribution < -0.4 is 10.2 Å². The minimum absolute atomic E-state index is 0.524. The minimum Gasteiger partial charge on any atom is -0.338 e. The molecule has 0 aromatic carbocycles. The molecule has 2 aliphatic rings. The van der Waals surface area contributed by atoms with Gasteiger partial charge in [-0.3, -0.25) is 0 Å². The van der Waals surface area contributed by atoms with Crippen molar-refractivity contribution in [1.82, 2.24) is 15.3 Å². The number of rotatable bonds is 4. The van der Waals surface area contributed by atoms with Crippen LogP contribution in [0.4, 0.5) is 5.95 Å². The molecule has 1 saturated heterocycles. The monoisotopic (exact) mass is 288 g/mol. The van der Waals surface area contributed by atoms with Crippen LogP contribution >= 0.6 is 0 Å². The number of aromatic nitrogens is 2. The van der Waals surface area contributed by atoms with Crippen molar-refractivity contribution in [2.75, 3.05) is 11.4 Å². The van der Waals surface area contributed by atoms with E-state index >= 15 is 0 Å². The summed E-state index contributed by atoms with van der Waals surface area (Å²) in [5.74, 6) is 2.33. The normalized spacial score (nSPS) is 29.7. The van der Waals surface area contributed by atoms with Crippen molar-refractivity contribution in [3.63, 3.8) is 0 Å². The van der Waals surface area contributed by atoms with Gasteiger partial charge in [0.05, 0.1) is 0 Å². The molecule has 2 heterocycles. The van der Waals surface area contributed by atoms with E-state index in [0.29, 0.717) is 12.0 Å². The number of anilines is 1. The molecule has 116 valence electrons. The molecule has 21 heavy (non-hydrogen) atoms. The molecular weight excluding hydrogens is 260 g/mol. The Labute approximate surface area is 128 Å². The van der Waals surface area contributed by atoms with Crippen LogP contribution in [0.5, 0.6) is 0 Å². The van der Waals surface area contributed by atoms with Crippen molar-refractivity contribution >= 4 is 5.95 Å². The zero-order chi connectivity index (χ0) is 15.0. The van der Waals surface area contributed by atoms with E-state index in [1.54, 1.807) is 0 Å². The quantitative estimate of drug-likeness (QED) is 0.925. The van der Waals surface area contributed by atoms with Gasteiger partial charge in [-0.2, -0.15) is 0 Å². The summed E-state index contributed by atoms with van der Waals surface area (Å²) in [6.45, 7) is 11.1. The highest BCUT2D eigenvalue weighted by atomic mass is 15.3. The molecule has 0 bridgehead atoms. The molecule has 1 N–H and O–H groups in total. The summed E-state index contributed by atoms with van der Waals surface area (Å²) in [6, 6.07) is 1.25. The largest absolute Gasteiger partial charge is 0.338 e. The summed E-state index contributed by atoms with van der Waals surface area (Å²) < 4.78 is 0. The van der Waals surface area contributed by atoms with Crippen LogP contribution in [0.15, 0.2) is 6.20 Å². The van der Waals surface area contributed by atoms with Crippen LogP contribution in [0, 0.1) is 18.8 Å². The van der Waals surface area contributed by atoms with Gasteiger partial charge in [-0.25, -0.2) is 9.97 Å². The van der Waals surface area contributed by atoms with Gasteiger partial charge >= 0.3 is 0 Å². The summed E-state index contributed by atoms with van der Waals surface area (Å²) in [5, 5.41) is 3.54. The van der Waals surface area contributed by atoms with Gasteiger partial charge in [-0.1, -0.05) is 13.8 Å². The lowest BCUT2D eigenvalue weighted by Crippen LogP contribution is -2.46. The molecule has 1 aliphatic heterocycles. The van der Waals surface area contributed by atoms with Crippen LogP contribution in [-0.2, 0) is 6.54 Å². The van der Waals surface area contributed by atoms with Crippen LogP contribution in [0.2, 0.25) is 0 Å². The second-order valence-corrected chi connectivity index (χ2v) is 7.15. The predicted molar refractivity (Wildman–Crippen MR) is 86.4 cm³/mol. The molecule has 1 aromatic heterocycles. The zero-order valence-corrected chi connectivity index (χ0v) is 13.8. The van der Waals surface area contributed by atoms with E-state index in [-0.39, 0.29) is 0 Å². The molecule has 0 radical (unpaired) electrons. The Morgan fingerprint density at radius 1 is 1.29 bits per heavy atom. The van der Waals surface area contributed by atoms with E-state index in [4.69, 9.17) is 4.98 Å². The average molecular weight is 288 g/mol. The van der Waals surface area contributed by atoms with Gasteiger partial charge in [0.15, 0.2) is 0 Å². The van der Waals surface area contributed by atoms with Gasteiger partial charge in [-0.05, 0) is 44.9 Å². The van der Waals surface area contributed by atoms with Crippen molar-refractivity contribution in [2.45, 2.75) is 65.6 Å². The van der Waals surface area contributed by atoms with Gasteiger partial charge in [0.1, 0.15) is 0 Å². The topological polar surface area (TPSA) is 41.1 Å². The van der Waals surface area contributed by atoms with Gasteiger partial charge in [0.25, 0.3) is 0 Å². The molecule has 3 atom stereocenters.